The quantitative estimate of drug-likeness (QED) is 0.485. The fourth-order valence-corrected chi connectivity index (χ4v) is 4.08. The molecule has 0 aliphatic heterocycles. The first-order valence-corrected chi connectivity index (χ1v) is 10.5. The average Bonchev–Trinajstić information content (AvgIpc) is 2.70. The fourth-order valence-electron chi connectivity index (χ4n) is 2.30. The van der Waals surface area contributed by atoms with Crippen LogP contribution in [0, 0.1) is 0 Å². The van der Waals surface area contributed by atoms with Crippen LogP contribution in [0.25, 0.3) is 0 Å². The van der Waals surface area contributed by atoms with Gasteiger partial charge in [0, 0.05) is 12.1 Å². The van der Waals surface area contributed by atoms with Crippen LogP contribution >= 0.6 is 23.2 Å². The number of carbonyl (C=O) groups is 2. The van der Waals surface area contributed by atoms with Crippen molar-refractivity contribution in [3.63, 3.8) is 0 Å². The molecule has 0 atom stereocenters. The van der Waals surface area contributed by atoms with Crippen LogP contribution in [0.3, 0.4) is 0 Å². The van der Waals surface area contributed by atoms with E-state index in [4.69, 9.17) is 27.9 Å². The second kappa shape index (κ2) is 9.78. The zero-order valence-corrected chi connectivity index (χ0v) is 17.7. The number of likely N-dealkylation sites (N-methyl/N-ethyl adjacent to an activating group) is 1. The number of sulfonamides is 1. The summed E-state index contributed by atoms with van der Waals surface area (Å²) < 4.78 is 32.4. The Morgan fingerprint density at radius 3 is 2.41 bits per heavy atom. The molecule has 0 aliphatic rings. The summed E-state index contributed by atoms with van der Waals surface area (Å²) in [6.07, 6.45) is 1.43. The van der Waals surface area contributed by atoms with Crippen LogP contribution in [0.1, 0.15) is 10.4 Å². The van der Waals surface area contributed by atoms with Crippen LogP contribution in [-0.4, -0.2) is 40.5 Å². The maximum absolute atomic E-state index is 13.2. The zero-order chi connectivity index (χ0) is 21.6. The van der Waals surface area contributed by atoms with Gasteiger partial charge in [0.05, 0.1) is 27.7 Å². The first-order valence-electron chi connectivity index (χ1n) is 8.27. The van der Waals surface area contributed by atoms with Crippen molar-refractivity contribution in [1.29, 1.82) is 0 Å². The summed E-state index contributed by atoms with van der Waals surface area (Å²) in [6.45, 7) is 3.07. The number of nitrogens with one attached hydrogen (secondary N) is 1. The van der Waals surface area contributed by atoms with Crippen LogP contribution in [-0.2, 0) is 19.6 Å². The highest BCUT2D eigenvalue weighted by Gasteiger charge is 2.26. The van der Waals surface area contributed by atoms with Gasteiger partial charge in [0.25, 0.3) is 15.9 Å². The van der Waals surface area contributed by atoms with Gasteiger partial charge in [0.15, 0.2) is 6.61 Å². The van der Waals surface area contributed by atoms with E-state index in [0.717, 1.165) is 10.4 Å². The van der Waals surface area contributed by atoms with Gasteiger partial charge in [-0.2, -0.15) is 0 Å². The molecule has 10 heteroatoms. The van der Waals surface area contributed by atoms with Gasteiger partial charge in [0.1, 0.15) is 0 Å². The molecule has 0 spiro atoms. The second-order valence-electron chi connectivity index (χ2n) is 5.69. The van der Waals surface area contributed by atoms with E-state index in [1.807, 2.05) is 0 Å². The Labute approximate surface area is 178 Å². The highest BCUT2D eigenvalue weighted by atomic mass is 35.5. The van der Waals surface area contributed by atoms with E-state index in [0.29, 0.717) is 10.7 Å². The molecule has 0 aromatic heterocycles. The number of benzene rings is 2. The lowest BCUT2D eigenvalue weighted by molar-refractivity contribution is -0.123. The third-order valence-electron chi connectivity index (χ3n) is 3.77. The standard InChI is InChI=1S/C19H18Cl2N2O5S/c1-3-10-23(14-6-4-13(20)5-7-14)29(26,27)15-8-9-17(21)16(11-15)19(25)28-12-18(24)22-2/h3-9,11H,1,10,12H2,2H3,(H,22,24). The Hall–Kier alpha value is -2.55. The van der Waals surface area contributed by atoms with E-state index in [1.165, 1.54) is 25.3 Å². The Balaban J connectivity index is 2.42. The van der Waals surface area contributed by atoms with Gasteiger partial charge in [0.2, 0.25) is 0 Å². The molecule has 2 aromatic rings. The molecule has 0 unspecified atom stereocenters. The summed E-state index contributed by atoms with van der Waals surface area (Å²) in [7, 11) is -2.67. The number of esters is 1. The summed E-state index contributed by atoms with van der Waals surface area (Å²) >= 11 is 11.9. The third kappa shape index (κ3) is 5.50. The van der Waals surface area contributed by atoms with E-state index in [9.17, 15) is 18.0 Å². The van der Waals surface area contributed by atoms with Crippen molar-refractivity contribution in [1.82, 2.24) is 5.32 Å². The smallest absolute Gasteiger partial charge is 0.340 e. The lowest BCUT2D eigenvalue weighted by Crippen LogP contribution is -2.31. The maximum atomic E-state index is 13.2. The predicted octanol–water partition coefficient (Wildman–Crippen LogP) is 3.28. The molecule has 0 fully saturated rings. The number of ether oxygens (including phenoxy) is 1. The van der Waals surface area contributed by atoms with Crippen molar-refractivity contribution < 1.29 is 22.7 Å². The van der Waals surface area contributed by atoms with E-state index >= 15 is 0 Å². The van der Waals surface area contributed by atoms with E-state index in [1.54, 1.807) is 24.3 Å². The van der Waals surface area contributed by atoms with Crippen LogP contribution in [0.2, 0.25) is 10.0 Å². The number of hydrogen-bond donors (Lipinski definition) is 1. The molecule has 0 radical (unpaired) electrons. The largest absolute Gasteiger partial charge is 0.452 e. The van der Waals surface area contributed by atoms with Crippen molar-refractivity contribution in [3.05, 3.63) is 70.7 Å². The Kier molecular flexibility index (Phi) is 7.66. The van der Waals surface area contributed by atoms with Crippen LogP contribution in [0.4, 0.5) is 5.69 Å². The molecule has 0 aliphatic carbocycles. The van der Waals surface area contributed by atoms with Crippen molar-refractivity contribution in [2.75, 3.05) is 24.5 Å². The van der Waals surface area contributed by atoms with Crippen molar-refractivity contribution >= 4 is 50.8 Å². The number of carbonyl (C=O) groups excluding carboxylic acids is 2. The SMILES string of the molecule is C=CCN(c1ccc(Cl)cc1)S(=O)(=O)c1ccc(Cl)c(C(=O)OCC(=O)NC)c1. The van der Waals surface area contributed by atoms with Gasteiger partial charge in [-0.05, 0) is 42.5 Å². The number of anilines is 1. The number of nitrogens with zero attached hydrogens (tertiary/aromatic N) is 1. The zero-order valence-electron chi connectivity index (χ0n) is 15.4. The number of amides is 1. The predicted molar refractivity (Wildman–Crippen MR) is 112 cm³/mol. The first kappa shape index (κ1) is 22.7. The fraction of sp³-hybridized carbons (Fsp3) is 0.158. The normalized spacial score (nSPS) is 10.9. The molecule has 0 saturated heterocycles. The molecular weight excluding hydrogens is 439 g/mol. The molecule has 1 N–H and O–H groups in total. The monoisotopic (exact) mass is 456 g/mol. The van der Waals surface area contributed by atoms with E-state index in [-0.39, 0.29) is 22.0 Å². The minimum absolute atomic E-state index is 0.00683. The Morgan fingerprint density at radius 1 is 1.17 bits per heavy atom. The van der Waals surface area contributed by atoms with Gasteiger partial charge >= 0.3 is 5.97 Å². The van der Waals surface area contributed by atoms with Crippen LogP contribution in [0.15, 0.2) is 60.0 Å². The molecule has 0 heterocycles. The lowest BCUT2D eigenvalue weighted by atomic mass is 10.2. The van der Waals surface area contributed by atoms with Crippen LogP contribution < -0.4 is 9.62 Å². The lowest BCUT2D eigenvalue weighted by Gasteiger charge is -2.23. The third-order valence-corrected chi connectivity index (χ3v) is 6.14. The molecular formula is C19H18Cl2N2O5S. The van der Waals surface area contributed by atoms with Crippen molar-refractivity contribution in [2.45, 2.75) is 4.90 Å². The molecule has 7 nitrogen and oxygen atoms in total. The minimum Gasteiger partial charge on any atom is -0.452 e. The van der Waals surface area contributed by atoms with Crippen LogP contribution in [0.5, 0.6) is 0 Å². The maximum Gasteiger partial charge on any atom is 0.340 e. The second-order valence-corrected chi connectivity index (χ2v) is 8.40. The summed E-state index contributed by atoms with van der Waals surface area (Å²) in [5.74, 6) is -1.43. The Morgan fingerprint density at radius 2 is 1.83 bits per heavy atom. The molecule has 29 heavy (non-hydrogen) atoms. The summed E-state index contributed by atoms with van der Waals surface area (Å²) in [5.41, 5.74) is 0.194. The van der Waals surface area contributed by atoms with Gasteiger partial charge in [-0.15, -0.1) is 6.58 Å². The number of rotatable bonds is 8. The molecule has 0 bridgehead atoms. The molecule has 154 valence electrons. The molecule has 0 saturated carbocycles. The molecule has 2 aromatic carbocycles. The van der Waals surface area contributed by atoms with Gasteiger partial charge < -0.3 is 10.1 Å². The summed E-state index contributed by atoms with van der Waals surface area (Å²) in [6, 6.07) is 9.89. The summed E-state index contributed by atoms with van der Waals surface area (Å²) in [4.78, 5) is 23.3. The van der Waals surface area contributed by atoms with Crippen molar-refractivity contribution in [3.8, 4) is 0 Å². The van der Waals surface area contributed by atoms with Gasteiger partial charge in [-0.1, -0.05) is 29.3 Å². The average molecular weight is 457 g/mol. The first-order chi connectivity index (χ1) is 13.7. The van der Waals surface area contributed by atoms with Crippen molar-refractivity contribution in [2.24, 2.45) is 0 Å². The summed E-state index contributed by atoms with van der Waals surface area (Å²) in [5, 5.41) is 2.75. The Bertz CT molecular complexity index is 1020. The van der Waals surface area contributed by atoms with Gasteiger partial charge in [-0.3, -0.25) is 9.10 Å². The number of halogens is 2. The molecule has 2 rings (SSSR count). The van der Waals surface area contributed by atoms with E-state index in [2.05, 4.69) is 11.9 Å². The minimum atomic E-state index is -4.06. The van der Waals surface area contributed by atoms with E-state index < -0.39 is 28.5 Å². The topological polar surface area (TPSA) is 92.8 Å². The number of hydrogen-bond acceptors (Lipinski definition) is 5. The van der Waals surface area contributed by atoms with Gasteiger partial charge in [-0.25, -0.2) is 13.2 Å². The molecule has 1 amide bonds. The highest BCUT2D eigenvalue weighted by molar-refractivity contribution is 7.92. The highest BCUT2D eigenvalue weighted by Crippen LogP contribution is 2.28.